The molecule has 1 atom stereocenters. The number of carbonyl (C=O) groups is 1. The molecule has 0 saturated carbocycles. The second kappa shape index (κ2) is 7.36. The Hall–Kier alpha value is -1.10. The smallest absolute Gasteiger partial charge is 0.260 e. The number of aromatic nitrogens is 1. The van der Waals surface area contributed by atoms with Crippen LogP contribution in [0.4, 0.5) is 0 Å². The minimum absolute atomic E-state index is 0.0938. The average molecular weight is 315 g/mol. The van der Waals surface area contributed by atoms with E-state index in [4.69, 9.17) is 4.74 Å². The Balaban J connectivity index is 2.54. The van der Waals surface area contributed by atoms with E-state index < -0.39 is 6.10 Å². The standard InChI is InChI=1S/C13H19BrN2O2/c1-4-11(5-2)16-13(17)9(3)18-12-6-10(14)7-15-8-12/h6-9,11H,4-5H2,1-3H3,(H,16,17). The van der Waals surface area contributed by atoms with Crippen LogP contribution >= 0.6 is 15.9 Å². The van der Waals surface area contributed by atoms with Crippen molar-refractivity contribution in [2.75, 3.05) is 0 Å². The molecule has 0 fully saturated rings. The molecular formula is C13H19BrN2O2. The van der Waals surface area contributed by atoms with Gasteiger partial charge in [0.05, 0.1) is 6.20 Å². The van der Waals surface area contributed by atoms with Crippen LogP contribution in [0, 0.1) is 0 Å². The molecule has 0 spiro atoms. The highest BCUT2D eigenvalue weighted by atomic mass is 79.9. The zero-order chi connectivity index (χ0) is 13.5. The van der Waals surface area contributed by atoms with Crippen molar-refractivity contribution >= 4 is 21.8 Å². The lowest BCUT2D eigenvalue weighted by atomic mass is 10.1. The predicted molar refractivity (Wildman–Crippen MR) is 74.5 cm³/mol. The lowest BCUT2D eigenvalue weighted by Crippen LogP contribution is -2.42. The summed E-state index contributed by atoms with van der Waals surface area (Å²) in [5.41, 5.74) is 0. The Morgan fingerprint density at radius 1 is 1.44 bits per heavy atom. The first-order valence-electron chi connectivity index (χ1n) is 6.14. The van der Waals surface area contributed by atoms with E-state index in [0.717, 1.165) is 17.3 Å². The number of nitrogens with zero attached hydrogens (tertiary/aromatic N) is 1. The molecule has 0 aliphatic heterocycles. The van der Waals surface area contributed by atoms with Crippen LogP contribution in [0.1, 0.15) is 33.6 Å². The third-order valence-corrected chi connectivity index (χ3v) is 3.13. The second-order valence-electron chi connectivity index (χ2n) is 4.12. The van der Waals surface area contributed by atoms with E-state index in [1.165, 1.54) is 0 Å². The summed E-state index contributed by atoms with van der Waals surface area (Å²) in [5.74, 6) is 0.486. The van der Waals surface area contributed by atoms with Gasteiger partial charge in [-0.25, -0.2) is 0 Å². The van der Waals surface area contributed by atoms with Crippen molar-refractivity contribution in [3.05, 3.63) is 22.9 Å². The highest BCUT2D eigenvalue weighted by Gasteiger charge is 2.17. The number of carbonyl (C=O) groups excluding carboxylic acids is 1. The summed E-state index contributed by atoms with van der Waals surface area (Å²) in [6.45, 7) is 5.84. The zero-order valence-corrected chi connectivity index (χ0v) is 12.5. The number of nitrogens with one attached hydrogen (secondary N) is 1. The molecule has 5 heteroatoms. The normalized spacial score (nSPS) is 12.3. The first-order chi connectivity index (χ1) is 8.56. The van der Waals surface area contributed by atoms with Gasteiger partial charge in [-0.1, -0.05) is 13.8 Å². The van der Waals surface area contributed by atoms with Gasteiger partial charge in [0.2, 0.25) is 0 Å². The van der Waals surface area contributed by atoms with Crippen molar-refractivity contribution in [1.82, 2.24) is 10.3 Å². The molecule has 0 aromatic carbocycles. The van der Waals surface area contributed by atoms with Crippen LogP contribution in [0.2, 0.25) is 0 Å². The first kappa shape index (κ1) is 15.0. The molecule has 0 aliphatic carbocycles. The monoisotopic (exact) mass is 314 g/mol. The molecule has 18 heavy (non-hydrogen) atoms. The van der Waals surface area contributed by atoms with E-state index in [1.807, 2.05) is 0 Å². The third kappa shape index (κ3) is 4.64. The number of halogens is 1. The highest BCUT2D eigenvalue weighted by Crippen LogP contribution is 2.17. The number of pyridine rings is 1. The molecule has 0 radical (unpaired) electrons. The molecule has 4 nitrogen and oxygen atoms in total. The minimum Gasteiger partial charge on any atom is -0.479 e. The van der Waals surface area contributed by atoms with E-state index in [-0.39, 0.29) is 11.9 Å². The van der Waals surface area contributed by atoms with E-state index in [1.54, 1.807) is 25.4 Å². The maximum Gasteiger partial charge on any atom is 0.260 e. The highest BCUT2D eigenvalue weighted by molar-refractivity contribution is 9.10. The van der Waals surface area contributed by atoms with Crippen molar-refractivity contribution < 1.29 is 9.53 Å². The summed E-state index contributed by atoms with van der Waals surface area (Å²) < 4.78 is 6.37. The summed E-state index contributed by atoms with van der Waals surface area (Å²) in [4.78, 5) is 15.9. The zero-order valence-electron chi connectivity index (χ0n) is 10.9. The van der Waals surface area contributed by atoms with Crippen molar-refractivity contribution in [1.29, 1.82) is 0 Å². The van der Waals surface area contributed by atoms with Gasteiger partial charge in [-0.2, -0.15) is 0 Å². The van der Waals surface area contributed by atoms with Gasteiger partial charge in [-0.3, -0.25) is 9.78 Å². The van der Waals surface area contributed by atoms with E-state index in [9.17, 15) is 4.79 Å². The van der Waals surface area contributed by atoms with E-state index in [2.05, 4.69) is 40.1 Å². The van der Waals surface area contributed by atoms with Crippen LogP contribution in [0.5, 0.6) is 5.75 Å². The summed E-state index contributed by atoms with van der Waals surface area (Å²) >= 11 is 3.31. The molecule has 0 saturated heterocycles. The molecule has 1 rings (SSSR count). The number of hydrogen-bond donors (Lipinski definition) is 1. The fourth-order valence-electron chi connectivity index (χ4n) is 1.53. The van der Waals surface area contributed by atoms with Crippen LogP contribution in [-0.4, -0.2) is 23.0 Å². The quantitative estimate of drug-likeness (QED) is 0.878. The van der Waals surface area contributed by atoms with Gasteiger partial charge in [0.25, 0.3) is 5.91 Å². The van der Waals surface area contributed by atoms with Gasteiger partial charge in [0.15, 0.2) is 6.10 Å². The molecule has 1 heterocycles. The van der Waals surface area contributed by atoms with Crippen molar-refractivity contribution in [3.63, 3.8) is 0 Å². The van der Waals surface area contributed by atoms with E-state index in [0.29, 0.717) is 5.75 Å². The molecule has 100 valence electrons. The lowest BCUT2D eigenvalue weighted by molar-refractivity contribution is -0.128. The molecule has 1 N–H and O–H groups in total. The Bertz CT molecular complexity index is 394. The van der Waals surface area contributed by atoms with Gasteiger partial charge in [-0.05, 0) is 41.8 Å². The Labute approximate surface area is 116 Å². The van der Waals surface area contributed by atoms with Gasteiger partial charge in [-0.15, -0.1) is 0 Å². The SMILES string of the molecule is CCC(CC)NC(=O)C(C)Oc1cncc(Br)c1. The number of hydrogen-bond acceptors (Lipinski definition) is 3. The topological polar surface area (TPSA) is 51.2 Å². The number of rotatable bonds is 6. The van der Waals surface area contributed by atoms with Crippen LogP contribution in [0.15, 0.2) is 22.9 Å². The average Bonchev–Trinajstić information content (AvgIpc) is 2.35. The fourth-order valence-corrected chi connectivity index (χ4v) is 1.87. The number of amides is 1. The number of ether oxygens (including phenoxy) is 1. The van der Waals surface area contributed by atoms with Crippen LogP contribution in [0.3, 0.4) is 0 Å². The second-order valence-corrected chi connectivity index (χ2v) is 5.04. The predicted octanol–water partition coefficient (Wildman–Crippen LogP) is 2.92. The Morgan fingerprint density at radius 2 is 2.11 bits per heavy atom. The molecule has 1 unspecified atom stereocenters. The molecule has 1 aromatic rings. The Kier molecular flexibility index (Phi) is 6.12. The summed E-state index contributed by atoms with van der Waals surface area (Å²) in [7, 11) is 0. The van der Waals surface area contributed by atoms with Crippen LogP contribution in [0.25, 0.3) is 0 Å². The van der Waals surface area contributed by atoms with Crippen LogP contribution in [-0.2, 0) is 4.79 Å². The Morgan fingerprint density at radius 3 is 2.67 bits per heavy atom. The van der Waals surface area contributed by atoms with E-state index >= 15 is 0 Å². The lowest BCUT2D eigenvalue weighted by Gasteiger charge is -2.19. The van der Waals surface area contributed by atoms with Gasteiger partial charge in [0, 0.05) is 16.7 Å². The summed E-state index contributed by atoms with van der Waals surface area (Å²) in [6, 6.07) is 2.00. The fraction of sp³-hybridized carbons (Fsp3) is 0.538. The maximum absolute atomic E-state index is 11.9. The van der Waals surface area contributed by atoms with Crippen molar-refractivity contribution in [2.45, 2.75) is 45.8 Å². The van der Waals surface area contributed by atoms with Gasteiger partial charge < -0.3 is 10.1 Å². The molecule has 0 bridgehead atoms. The molecule has 1 amide bonds. The molecular weight excluding hydrogens is 296 g/mol. The van der Waals surface area contributed by atoms with Gasteiger partial charge in [0.1, 0.15) is 5.75 Å². The van der Waals surface area contributed by atoms with Crippen LogP contribution < -0.4 is 10.1 Å². The largest absolute Gasteiger partial charge is 0.479 e. The molecule has 0 aliphatic rings. The minimum atomic E-state index is -0.526. The first-order valence-corrected chi connectivity index (χ1v) is 6.93. The van der Waals surface area contributed by atoms with Crippen molar-refractivity contribution in [3.8, 4) is 5.75 Å². The molecule has 1 aromatic heterocycles. The van der Waals surface area contributed by atoms with Crippen molar-refractivity contribution in [2.24, 2.45) is 0 Å². The van der Waals surface area contributed by atoms with Gasteiger partial charge >= 0.3 is 0 Å². The maximum atomic E-state index is 11.9. The summed E-state index contributed by atoms with van der Waals surface area (Å²) in [6.07, 6.45) is 4.58. The summed E-state index contributed by atoms with van der Waals surface area (Å²) in [5, 5.41) is 2.95. The third-order valence-electron chi connectivity index (χ3n) is 2.69.